The monoisotopic (exact) mass is 339 g/mol. The average Bonchev–Trinajstić information content (AvgIpc) is 3.07. The van der Waals surface area contributed by atoms with Crippen LogP contribution in [0.15, 0.2) is 41.6 Å². The van der Waals surface area contributed by atoms with Gasteiger partial charge in [0.1, 0.15) is 17.5 Å². The number of aromatic nitrogens is 4. The van der Waals surface area contributed by atoms with E-state index < -0.39 is 0 Å². The summed E-state index contributed by atoms with van der Waals surface area (Å²) >= 11 is 0. The number of ether oxygens (including phenoxy) is 1. The van der Waals surface area contributed by atoms with Crippen molar-refractivity contribution in [2.75, 3.05) is 20.2 Å². The van der Waals surface area contributed by atoms with Crippen LogP contribution in [0.3, 0.4) is 0 Å². The van der Waals surface area contributed by atoms with Crippen molar-refractivity contribution >= 4 is 11.0 Å². The van der Waals surface area contributed by atoms with Crippen molar-refractivity contribution < 1.29 is 4.74 Å². The van der Waals surface area contributed by atoms with Gasteiger partial charge in [-0.05, 0) is 50.2 Å². The van der Waals surface area contributed by atoms with Crippen molar-refractivity contribution in [1.82, 2.24) is 24.2 Å². The molecule has 7 nitrogen and oxygen atoms in total. The zero-order valence-electron chi connectivity index (χ0n) is 14.3. The van der Waals surface area contributed by atoms with E-state index in [0.29, 0.717) is 17.7 Å². The predicted molar refractivity (Wildman–Crippen MR) is 95.1 cm³/mol. The number of nitrogens with zero attached hydrogens (tertiary/aromatic N) is 5. The lowest BCUT2D eigenvalue weighted by Crippen LogP contribution is -2.32. The fraction of sp³-hybridized carbons (Fsp3) is 0.389. The summed E-state index contributed by atoms with van der Waals surface area (Å²) in [6.45, 7) is 2.83. The number of benzene rings is 1. The molecule has 1 aromatic carbocycles. The lowest BCUT2D eigenvalue weighted by atomic mass is 10.1. The first-order chi connectivity index (χ1) is 12.3. The molecule has 1 fully saturated rings. The topological polar surface area (TPSA) is 65.2 Å². The molecule has 25 heavy (non-hydrogen) atoms. The number of fused-ring (bicyclic) bond motifs is 1. The molecule has 1 aliphatic rings. The second-order valence-electron chi connectivity index (χ2n) is 6.32. The number of methoxy groups -OCH3 is 1. The smallest absolute Gasteiger partial charge is 0.269 e. The summed E-state index contributed by atoms with van der Waals surface area (Å²) in [4.78, 5) is 19.7. The number of rotatable bonds is 4. The minimum atomic E-state index is -0.111. The van der Waals surface area contributed by atoms with Gasteiger partial charge in [0.05, 0.1) is 25.7 Å². The summed E-state index contributed by atoms with van der Waals surface area (Å²) in [5.41, 5.74) is 1.28. The molecule has 1 saturated heterocycles. The molecule has 0 unspecified atom stereocenters. The molecule has 0 radical (unpaired) electrons. The number of hydrogen-bond donors (Lipinski definition) is 0. The van der Waals surface area contributed by atoms with Gasteiger partial charge in [0.15, 0.2) is 5.65 Å². The molecule has 130 valence electrons. The van der Waals surface area contributed by atoms with Gasteiger partial charge >= 0.3 is 0 Å². The van der Waals surface area contributed by atoms with Crippen LogP contribution in [0, 0.1) is 0 Å². The van der Waals surface area contributed by atoms with Crippen LogP contribution in [0.4, 0.5) is 0 Å². The van der Waals surface area contributed by atoms with Gasteiger partial charge in [-0.15, -0.1) is 0 Å². The summed E-state index contributed by atoms with van der Waals surface area (Å²) in [6.07, 6.45) is 6.92. The van der Waals surface area contributed by atoms with Crippen LogP contribution in [-0.2, 0) is 6.67 Å². The SMILES string of the molecule is COc1ccc(-n2cnc3c(cnn3CN3CCCCC3)c2=O)cc1. The maximum Gasteiger partial charge on any atom is 0.269 e. The first kappa shape index (κ1) is 15.8. The number of piperidine rings is 1. The molecule has 7 heteroatoms. The first-order valence-corrected chi connectivity index (χ1v) is 8.56. The lowest BCUT2D eigenvalue weighted by Gasteiger charge is -2.26. The molecule has 0 amide bonds. The molecule has 0 spiro atoms. The van der Waals surface area contributed by atoms with E-state index >= 15 is 0 Å². The number of likely N-dealkylation sites (tertiary alicyclic amines) is 1. The molecule has 3 aromatic rings. The number of hydrogen-bond acceptors (Lipinski definition) is 5. The van der Waals surface area contributed by atoms with Gasteiger partial charge in [0, 0.05) is 0 Å². The maximum atomic E-state index is 12.8. The van der Waals surface area contributed by atoms with Gasteiger partial charge < -0.3 is 4.74 Å². The Balaban J connectivity index is 1.67. The average molecular weight is 339 g/mol. The third-order valence-corrected chi connectivity index (χ3v) is 4.69. The van der Waals surface area contributed by atoms with E-state index in [2.05, 4.69) is 15.0 Å². The van der Waals surface area contributed by atoms with E-state index in [-0.39, 0.29) is 5.56 Å². The summed E-state index contributed by atoms with van der Waals surface area (Å²) < 4.78 is 8.52. The van der Waals surface area contributed by atoms with Crippen LogP contribution in [0.5, 0.6) is 5.75 Å². The maximum absolute atomic E-state index is 12.8. The van der Waals surface area contributed by atoms with Gasteiger partial charge in [-0.1, -0.05) is 6.42 Å². The molecule has 3 heterocycles. The Morgan fingerprint density at radius 2 is 1.88 bits per heavy atom. The largest absolute Gasteiger partial charge is 0.497 e. The van der Waals surface area contributed by atoms with E-state index in [1.54, 1.807) is 19.6 Å². The molecular weight excluding hydrogens is 318 g/mol. The summed E-state index contributed by atoms with van der Waals surface area (Å²) in [5, 5.41) is 4.93. The van der Waals surface area contributed by atoms with E-state index in [4.69, 9.17) is 4.74 Å². The van der Waals surface area contributed by atoms with Crippen LogP contribution in [-0.4, -0.2) is 44.4 Å². The van der Waals surface area contributed by atoms with Crippen LogP contribution in [0.25, 0.3) is 16.7 Å². The van der Waals surface area contributed by atoms with Crippen LogP contribution >= 0.6 is 0 Å². The van der Waals surface area contributed by atoms with E-state index in [9.17, 15) is 4.79 Å². The molecular formula is C18H21N5O2. The van der Waals surface area contributed by atoms with Gasteiger partial charge in [-0.2, -0.15) is 5.10 Å². The summed E-state index contributed by atoms with van der Waals surface area (Å²) in [5.74, 6) is 0.750. The van der Waals surface area contributed by atoms with Gasteiger partial charge in [0.25, 0.3) is 5.56 Å². The molecule has 0 N–H and O–H groups in total. The highest BCUT2D eigenvalue weighted by molar-refractivity contribution is 5.73. The lowest BCUT2D eigenvalue weighted by molar-refractivity contribution is 0.176. The molecule has 4 rings (SSSR count). The van der Waals surface area contributed by atoms with Crippen LogP contribution in [0.1, 0.15) is 19.3 Å². The predicted octanol–water partition coefficient (Wildman–Crippen LogP) is 2.03. The van der Waals surface area contributed by atoms with E-state index in [1.165, 1.54) is 23.8 Å². The second kappa shape index (κ2) is 6.68. The van der Waals surface area contributed by atoms with Crippen molar-refractivity contribution in [1.29, 1.82) is 0 Å². The van der Waals surface area contributed by atoms with Crippen molar-refractivity contribution in [3.8, 4) is 11.4 Å². The third-order valence-electron chi connectivity index (χ3n) is 4.69. The van der Waals surface area contributed by atoms with Crippen molar-refractivity contribution in [2.45, 2.75) is 25.9 Å². The van der Waals surface area contributed by atoms with E-state index in [1.807, 2.05) is 28.9 Å². The highest BCUT2D eigenvalue weighted by Crippen LogP contribution is 2.15. The molecule has 0 saturated carbocycles. The fourth-order valence-electron chi connectivity index (χ4n) is 3.28. The zero-order chi connectivity index (χ0) is 17.2. The molecule has 0 aliphatic carbocycles. The van der Waals surface area contributed by atoms with Crippen molar-refractivity contribution in [3.63, 3.8) is 0 Å². The van der Waals surface area contributed by atoms with Crippen molar-refractivity contribution in [3.05, 3.63) is 47.1 Å². The highest BCUT2D eigenvalue weighted by Gasteiger charge is 2.15. The molecule has 1 aliphatic heterocycles. The summed E-state index contributed by atoms with van der Waals surface area (Å²) in [6, 6.07) is 7.33. The Morgan fingerprint density at radius 1 is 1.12 bits per heavy atom. The summed E-state index contributed by atoms with van der Waals surface area (Å²) in [7, 11) is 1.62. The van der Waals surface area contributed by atoms with Gasteiger partial charge in [0.2, 0.25) is 0 Å². The Labute approximate surface area is 145 Å². The minimum Gasteiger partial charge on any atom is -0.497 e. The zero-order valence-corrected chi connectivity index (χ0v) is 14.3. The van der Waals surface area contributed by atoms with E-state index in [0.717, 1.165) is 24.5 Å². The Kier molecular flexibility index (Phi) is 4.23. The van der Waals surface area contributed by atoms with Crippen LogP contribution < -0.4 is 10.3 Å². The van der Waals surface area contributed by atoms with Gasteiger partial charge in [-0.25, -0.2) is 9.67 Å². The van der Waals surface area contributed by atoms with Crippen molar-refractivity contribution in [2.24, 2.45) is 0 Å². The standard InChI is InChI=1S/C18H21N5O2/c1-25-15-7-5-14(6-8-15)22-12-19-17-16(18(22)24)11-20-23(17)13-21-9-3-2-4-10-21/h5-8,11-12H,2-4,9-10,13H2,1H3. The Bertz CT molecular complexity index is 923. The van der Waals surface area contributed by atoms with Gasteiger partial charge in [-0.3, -0.25) is 14.3 Å². The Hall–Kier alpha value is -2.67. The normalized spacial score (nSPS) is 15.6. The Morgan fingerprint density at radius 3 is 2.60 bits per heavy atom. The molecule has 2 aromatic heterocycles. The fourth-order valence-corrected chi connectivity index (χ4v) is 3.28. The molecule has 0 atom stereocenters. The second-order valence-corrected chi connectivity index (χ2v) is 6.32. The highest BCUT2D eigenvalue weighted by atomic mass is 16.5. The first-order valence-electron chi connectivity index (χ1n) is 8.56. The van der Waals surface area contributed by atoms with Crippen LogP contribution in [0.2, 0.25) is 0 Å². The quantitative estimate of drug-likeness (QED) is 0.728. The minimum absolute atomic E-state index is 0.111. The molecule has 0 bridgehead atoms. The third kappa shape index (κ3) is 3.02.